The van der Waals surface area contributed by atoms with Crippen LogP contribution in [0.15, 0.2) is 48.7 Å². The van der Waals surface area contributed by atoms with Crippen LogP contribution in [0.3, 0.4) is 0 Å². The zero-order valence-electron chi connectivity index (χ0n) is 18.5. The molecule has 1 aromatic heterocycles. The van der Waals surface area contributed by atoms with Crippen molar-refractivity contribution in [3.05, 3.63) is 70.0 Å². The van der Waals surface area contributed by atoms with Crippen molar-refractivity contribution in [1.29, 1.82) is 0 Å². The van der Waals surface area contributed by atoms with Crippen molar-refractivity contribution < 1.29 is 9.59 Å². The number of aromatic nitrogens is 1. The molecule has 0 aliphatic heterocycles. The summed E-state index contributed by atoms with van der Waals surface area (Å²) in [6.45, 7) is 9.65. The highest BCUT2D eigenvalue weighted by atomic mass is 35.5. The molecule has 166 valence electrons. The standard InChI is InChI=1S/C24H29Cl2N3O2/c1-6-24(5,29-21(30)19-9-7-8-14-27-19)22(31)28-20(23(2,3)4)13-11-16-10-12-17(25)15-18(16)26/h7-15,20H,6H2,1-5H3,(H,28,31)(H,29,30)/b13-11+/t20-,24+/m1/s1. The number of hydrogen-bond acceptors (Lipinski definition) is 3. The first-order valence-electron chi connectivity index (χ1n) is 10.1. The Hall–Kier alpha value is -2.37. The van der Waals surface area contributed by atoms with Crippen molar-refractivity contribution in [3.8, 4) is 0 Å². The molecule has 0 radical (unpaired) electrons. The van der Waals surface area contributed by atoms with Crippen molar-refractivity contribution in [1.82, 2.24) is 15.6 Å². The highest BCUT2D eigenvalue weighted by Crippen LogP contribution is 2.26. The van der Waals surface area contributed by atoms with E-state index in [4.69, 9.17) is 23.2 Å². The van der Waals surface area contributed by atoms with Crippen LogP contribution >= 0.6 is 23.2 Å². The summed E-state index contributed by atoms with van der Waals surface area (Å²) in [7, 11) is 0. The van der Waals surface area contributed by atoms with Gasteiger partial charge in [-0.05, 0) is 48.6 Å². The summed E-state index contributed by atoms with van der Waals surface area (Å²) in [6, 6.07) is 10.0. The molecule has 1 heterocycles. The SMILES string of the molecule is CC[C@](C)(NC(=O)c1ccccn1)C(=O)N[C@H](/C=C/c1ccc(Cl)cc1Cl)C(C)(C)C. The van der Waals surface area contributed by atoms with Gasteiger partial charge in [0.2, 0.25) is 5.91 Å². The second-order valence-corrected chi connectivity index (χ2v) is 9.54. The number of hydrogen-bond donors (Lipinski definition) is 2. The third-order valence-corrected chi connectivity index (χ3v) is 5.71. The summed E-state index contributed by atoms with van der Waals surface area (Å²) in [5.74, 6) is -0.665. The number of rotatable bonds is 7. The van der Waals surface area contributed by atoms with E-state index in [2.05, 4.69) is 15.6 Å². The third-order valence-electron chi connectivity index (χ3n) is 5.15. The molecule has 0 unspecified atom stereocenters. The lowest BCUT2D eigenvalue weighted by Crippen LogP contribution is -2.59. The van der Waals surface area contributed by atoms with Crippen LogP contribution in [-0.2, 0) is 4.79 Å². The Bertz CT molecular complexity index is 955. The van der Waals surface area contributed by atoms with Gasteiger partial charge < -0.3 is 10.6 Å². The molecular formula is C24H29Cl2N3O2. The van der Waals surface area contributed by atoms with Gasteiger partial charge in [-0.2, -0.15) is 0 Å². The zero-order chi connectivity index (χ0) is 23.2. The van der Waals surface area contributed by atoms with E-state index in [-0.39, 0.29) is 23.1 Å². The van der Waals surface area contributed by atoms with Gasteiger partial charge in [0.15, 0.2) is 0 Å². The third kappa shape index (κ3) is 6.81. The van der Waals surface area contributed by atoms with E-state index in [1.807, 2.05) is 45.9 Å². The van der Waals surface area contributed by atoms with Gasteiger partial charge in [-0.15, -0.1) is 0 Å². The Balaban J connectivity index is 2.21. The van der Waals surface area contributed by atoms with Gasteiger partial charge in [0.05, 0.1) is 6.04 Å². The van der Waals surface area contributed by atoms with Crippen LogP contribution in [0.5, 0.6) is 0 Å². The summed E-state index contributed by atoms with van der Waals surface area (Å²) < 4.78 is 0. The Morgan fingerprint density at radius 1 is 1.13 bits per heavy atom. The lowest BCUT2D eigenvalue weighted by atomic mass is 9.85. The predicted molar refractivity (Wildman–Crippen MR) is 127 cm³/mol. The lowest BCUT2D eigenvalue weighted by molar-refractivity contribution is -0.128. The van der Waals surface area contributed by atoms with Crippen molar-refractivity contribution in [2.45, 2.75) is 52.6 Å². The van der Waals surface area contributed by atoms with E-state index in [9.17, 15) is 9.59 Å². The predicted octanol–water partition coefficient (Wildman–Crippen LogP) is 5.53. The van der Waals surface area contributed by atoms with Gasteiger partial charge in [-0.25, -0.2) is 0 Å². The number of carbonyl (C=O) groups excluding carboxylic acids is 2. The van der Waals surface area contributed by atoms with Gasteiger partial charge in [0.1, 0.15) is 11.2 Å². The fraction of sp³-hybridized carbons (Fsp3) is 0.375. The first-order chi connectivity index (χ1) is 14.5. The molecule has 5 nitrogen and oxygen atoms in total. The quantitative estimate of drug-likeness (QED) is 0.568. The minimum atomic E-state index is -1.09. The molecule has 2 amide bonds. The van der Waals surface area contributed by atoms with E-state index in [1.54, 1.807) is 43.5 Å². The summed E-state index contributed by atoms with van der Waals surface area (Å²) in [6.07, 6.45) is 5.73. The number of benzene rings is 1. The highest BCUT2D eigenvalue weighted by Gasteiger charge is 2.36. The van der Waals surface area contributed by atoms with E-state index < -0.39 is 11.4 Å². The monoisotopic (exact) mass is 461 g/mol. The van der Waals surface area contributed by atoms with Crippen LogP contribution in [0, 0.1) is 5.41 Å². The Kier molecular flexibility index (Phi) is 8.27. The van der Waals surface area contributed by atoms with Crippen molar-refractivity contribution in [3.63, 3.8) is 0 Å². The molecule has 1 aromatic carbocycles. The maximum absolute atomic E-state index is 13.2. The molecule has 2 aromatic rings. The number of halogens is 2. The van der Waals surface area contributed by atoms with Crippen LogP contribution < -0.4 is 10.6 Å². The second-order valence-electron chi connectivity index (χ2n) is 8.70. The van der Waals surface area contributed by atoms with Crippen LogP contribution in [0.25, 0.3) is 6.08 Å². The van der Waals surface area contributed by atoms with Crippen LogP contribution in [0.2, 0.25) is 10.0 Å². The molecule has 0 saturated heterocycles. The van der Waals surface area contributed by atoms with Crippen molar-refractivity contribution in [2.75, 3.05) is 0 Å². The molecule has 0 bridgehead atoms. The molecule has 0 aliphatic rings. The topological polar surface area (TPSA) is 71.1 Å². The highest BCUT2D eigenvalue weighted by molar-refractivity contribution is 6.35. The number of amides is 2. The molecule has 0 spiro atoms. The Morgan fingerprint density at radius 3 is 2.39 bits per heavy atom. The summed E-state index contributed by atoms with van der Waals surface area (Å²) >= 11 is 12.2. The molecule has 2 N–H and O–H groups in total. The van der Waals surface area contributed by atoms with E-state index in [0.29, 0.717) is 16.5 Å². The minimum Gasteiger partial charge on any atom is -0.347 e. The second kappa shape index (κ2) is 10.3. The Labute approximate surface area is 194 Å². The summed E-state index contributed by atoms with van der Waals surface area (Å²) in [4.78, 5) is 29.9. The Morgan fingerprint density at radius 2 is 1.84 bits per heavy atom. The number of pyridine rings is 1. The van der Waals surface area contributed by atoms with Gasteiger partial charge in [-0.1, -0.05) is 75.2 Å². The molecule has 7 heteroatoms. The molecular weight excluding hydrogens is 433 g/mol. The first kappa shape index (κ1) is 24.9. The van der Waals surface area contributed by atoms with E-state index in [1.165, 1.54) is 0 Å². The van der Waals surface area contributed by atoms with Crippen molar-refractivity contribution in [2.24, 2.45) is 5.41 Å². The minimum absolute atomic E-state index is 0.264. The maximum Gasteiger partial charge on any atom is 0.270 e. The molecule has 0 saturated carbocycles. The number of nitrogens with zero attached hydrogens (tertiary/aromatic N) is 1. The normalized spacial score (nSPS) is 14.7. The molecule has 0 fully saturated rings. The summed E-state index contributed by atoms with van der Waals surface area (Å²) in [5, 5.41) is 7.00. The molecule has 2 atom stereocenters. The van der Waals surface area contributed by atoms with Crippen LogP contribution in [-0.4, -0.2) is 28.4 Å². The van der Waals surface area contributed by atoms with Gasteiger partial charge in [-0.3, -0.25) is 14.6 Å². The fourth-order valence-corrected chi connectivity index (χ4v) is 3.28. The molecule has 2 rings (SSSR count). The average molecular weight is 462 g/mol. The first-order valence-corrected chi connectivity index (χ1v) is 10.9. The maximum atomic E-state index is 13.2. The van der Waals surface area contributed by atoms with Gasteiger partial charge in [0.25, 0.3) is 5.91 Å². The average Bonchev–Trinajstić information content (AvgIpc) is 2.71. The van der Waals surface area contributed by atoms with Gasteiger partial charge in [0, 0.05) is 16.2 Å². The number of nitrogens with one attached hydrogen (secondary N) is 2. The smallest absolute Gasteiger partial charge is 0.270 e. The van der Waals surface area contributed by atoms with Crippen molar-refractivity contribution >= 4 is 41.1 Å². The van der Waals surface area contributed by atoms with Crippen LogP contribution in [0.4, 0.5) is 0 Å². The zero-order valence-corrected chi connectivity index (χ0v) is 20.0. The van der Waals surface area contributed by atoms with Gasteiger partial charge >= 0.3 is 0 Å². The lowest BCUT2D eigenvalue weighted by Gasteiger charge is -2.34. The summed E-state index contributed by atoms with van der Waals surface area (Å²) in [5.41, 5.74) is -0.301. The molecule has 0 aliphatic carbocycles. The van der Waals surface area contributed by atoms with Crippen LogP contribution in [0.1, 0.15) is 57.1 Å². The fourth-order valence-electron chi connectivity index (χ4n) is 2.81. The largest absolute Gasteiger partial charge is 0.347 e. The van der Waals surface area contributed by atoms with E-state index in [0.717, 1.165) is 5.56 Å². The van der Waals surface area contributed by atoms with E-state index >= 15 is 0 Å². The number of carbonyl (C=O) groups is 2. The molecule has 31 heavy (non-hydrogen) atoms.